The molecule has 0 spiro atoms. The van der Waals surface area contributed by atoms with Crippen molar-refractivity contribution in [1.29, 1.82) is 0 Å². The molecule has 4 N–H and O–H groups in total. The number of nitrogens with zero attached hydrogens (tertiary/aromatic N) is 1. The predicted octanol–water partition coefficient (Wildman–Crippen LogP) is 4.33. The number of Topliss-reactive ketones (excluding diaryl/α,β-unsaturated/α-hetero) is 1. The number of aliphatic hydroxyl groups is 2. The van der Waals surface area contributed by atoms with E-state index in [1.807, 2.05) is 0 Å². The molecule has 0 bridgehead atoms. The maximum absolute atomic E-state index is 12.2. The number of phosphoric ester groups is 1. The van der Waals surface area contributed by atoms with Gasteiger partial charge in [0.25, 0.3) is 0 Å². The summed E-state index contributed by atoms with van der Waals surface area (Å²) in [5.41, 5.74) is 0. The van der Waals surface area contributed by atoms with Crippen LogP contribution < -0.4 is 0 Å². The molecule has 0 amide bonds. The Morgan fingerprint density at radius 1 is 0.818 bits per heavy atom. The SMILES string of the molecule is CCCCCCCCCCCCCCCC(=O)CC(O)C(O)C(C[N+](C)(C)C)OP(=O)(O)O. The number of rotatable bonds is 22. The van der Waals surface area contributed by atoms with Gasteiger partial charge in [-0.25, -0.2) is 4.57 Å². The Morgan fingerprint density at radius 3 is 1.64 bits per heavy atom. The highest BCUT2D eigenvalue weighted by atomic mass is 31.2. The van der Waals surface area contributed by atoms with E-state index in [4.69, 9.17) is 14.3 Å². The number of ketones is 1. The number of quaternary nitrogens is 1. The molecule has 0 saturated carbocycles. The Bertz CT molecular complexity index is 547. The molecule has 198 valence electrons. The summed E-state index contributed by atoms with van der Waals surface area (Å²) >= 11 is 0. The molecule has 0 saturated heterocycles. The van der Waals surface area contributed by atoms with Crippen molar-refractivity contribution < 1.29 is 38.4 Å². The van der Waals surface area contributed by atoms with Crippen molar-refractivity contribution in [2.24, 2.45) is 0 Å². The minimum Gasteiger partial charge on any atom is -0.390 e. The molecule has 0 rings (SSSR count). The van der Waals surface area contributed by atoms with Crippen LogP contribution in [-0.4, -0.2) is 76.3 Å². The molecule has 3 atom stereocenters. The van der Waals surface area contributed by atoms with Crippen molar-refractivity contribution in [3.8, 4) is 0 Å². The van der Waals surface area contributed by atoms with Gasteiger partial charge in [-0.3, -0.25) is 9.32 Å². The molecule has 33 heavy (non-hydrogen) atoms. The molecule has 0 aromatic rings. The fourth-order valence-electron chi connectivity index (χ4n) is 3.96. The first-order valence-corrected chi connectivity index (χ1v) is 14.3. The average molecular weight is 497 g/mol. The number of likely N-dealkylation sites (N-methyl/N-ethyl adjacent to an activating group) is 1. The number of hydrogen-bond donors (Lipinski definition) is 4. The molecular weight excluding hydrogens is 445 g/mol. The average Bonchev–Trinajstić information content (AvgIpc) is 2.68. The maximum Gasteiger partial charge on any atom is 0.470 e. The van der Waals surface area contributed by atoms with E-state index < -0.39 is 26.1 Å². The van der Waals surface area contributed by atoms with E-state index in [-0.39, 0.29) is 23.2 Å². The molecule has 0 heterocycles. The molecule has 0 aliphatic rings. The Hall–Kier alpha value is -0.340. The summed E-state index contributed by atoms with van der Waals surface area (Å²) in [6, 6.07) is 0. The van der Waals surface area contributed by atoms with Gasteiger partial charge in [0.05, 0.1) is 27.2 Å². The van der Waals surface area contributed by atoms with Gasteiger partial charge in [0.2, 0.25) is 0 Å². The first-order valence-electron chi connectivity index (χ1n) is 12.8. The monoisotopic (exact) mass is 496 g/mol. The summed E-state index contributed by atoms with van der Waals surface area (Å²) in [7, 11) is 0.473. The largest absolute Gasteiger partial charge is 0.470 e. The minimum atomic E-state index is -4.85. The van der Waals surface area contributed by atoms with Crippen LogP contribution in [0.5, 0.6) is 0 Å². The van der Waals surface area contributed by atoms with Crippen molar-refractivity contribution in [1.82, 2.24) is 0 Å². The predicted molar refractivity (Wildman–Crippen MR) is 132 cm³/mol. The van der Waals surface area contributed by atoms with E-state index in [0.29, 0.717) is 6.42 Å². The second kappa shape index (κ2) is 18.0. The molecule has 9 heteroatoms. The quantitative estimate of drug-likeness (QED) is 0.0999. The summed E-state index contributed by atoms with van der Waals surface area (Å²) in [4.78, 5) is 30.4. The van der Waals surface area contributed by atoms with Crippen LogP contribution in [0, 0.1) is 0 Å². The zero-order chi connectivity index (χ0) is 25.3. The highest BCUT2D eigenvalue weighted by Gasteiger charge is 2.37. The molecule has 8 nitrogen and oxygen atoms in total. The molecule has 0 aromatic carbocycles. The normalized spacial score (nSPS) is 15.4. The summed E-state index contributed by atoms with van der Waals surface area (Å²) in [5.74, 6) is -0.162. The summed E-state index contributed by atoms with van der Waals surface area (Å²) in [5, 5.41) is 20.6. The van der Waals surface area contributed by atoms with Crippen LogP contribution in [0.15, 0.2) is 0 Å². The smallest absolute Gasteiger partial charge is 0.390 e. The van der Waals surface area contributed by atoms with E-state index in [1.54, 1.807) is 21.1 Å². The van der Waals surface area contributed by atoms with Crippen molar-refractivity contribution in [2.75, 3.05) is 27.7 Å². The fourth-order valence-corrected chi connectivity index (χ4v) is 4.51. The van der Waals surface area contributed by atoms with Crippen molar-refractivity contribution in [3.05, 3.63) is 0 Å². The van der Waals surface area contributed by atoms with E-state index >= 15 is 0 Å². The highest BCUT2D eigenvalue weighted by molar-refractivity contribution is 7.46. The van der Waals surface area contributed by atoms with Gasteiger partial charge in [0.15, 0.2) is 0 Å². The Labute approximate surface area is 201 Å². The first kappa shape index (κ1) is 32.7. The van der Waals surface area contributed by atoms with E-state index in [0.717, 1.165) is 19.3 Å². The molecule has 0 aromatic heterocycles. The van der Waals surface area contributed by atoms with Gasteiger partial charge in [-0.15, -0.1) is 0 Å². The molecule has 0 fully saturated rings. The van der Waals surface area contributed by atoms with Gasteiger partial charge >= 0.3 is 7.82 Å². The Kier molecular flexibility index (Phi) is 17.8. The van der Waals surface area contributed by atoms with Gasteiger partial charge in [-0.1, -0.05) is 84.0 Å². The third kappa shape index (κ3) is 20.7. The zero-order valence-electron chi connectivity index (χ0n) is 21.5. The number of unbranched alkanes of at least 4 members (excludes halogenated alkanes) is 12. The van der Waals surface area contributed by atoms with Crippen LogP contribution >= 0.6 is 7.82 Å². The fraction of sp³-hybridized carbons (Fsp3) is 0.958. The lowest BCUT2D eigenvalue weighted by atomic mass is 9.99. The molecule has 0 radical (unpaired) electrons. The lowest BCUT2D eigenvalue weighted by molar-refractivity contribution is -0.873. The first-order chi connectivity index (χ1) is 15.4. The van der Waals surface area contributed by atoms with Gasteiger partial charge in [0.1, 0.15) is 24.5 Å². The molecule has 0 aliphatic heterocycles. The standard InChI is InChI=1S/C24H50NO7P/c1-5-6-7-8-9-10-11-12-13-14-15-16-17-18-21(26)19-22(27)24(28)23(20-25(2,3)4)32-33(29,30)31/h22-24,27-28H,5-20H2,1-4H3,(H-,29,30,31)/p+1. The topological polar surface area (TPSA) is 124 Å². The zero-order valence-corrected chi connectivity index (χ0v) is 22.3. The third-order valence-corrected chi connectivity index (χ3v) is 6.32. The summed E-state index contributed by atoms with van der Waals surface area (Å²) in [6.45, 7) is 2.30. The van der Waals surface area contributed by atoms with Crippen LogP contribution in [0.25, 0.3) is 0 Å². The summed E-state index contributed by atoms with van der Waals surface area (Å²) in [6.07, 6.45) is 11.7. The Morgan fingerprint density at radius 2 is 1.24 bits per heavy atom. The summed E-state index contributed by atoms with van der Waals surface area (Å²) < 4.78 is 16.2. The van der Waals surface area contributed by atoms with E-state index in [1.165, 1.54) is 64.2 Å². The number of hydrogen-bond acceptors (Lipinski definition) is 5. The molecule has 0 aliphatic carbocycles. The van der Waals surface area contributed by atoms with Crippen LogP contribution in [0.2, 0.25) is 0 Å². The number of aliphatic hydroxyl groups excluding tert-OH is 2. The van der Waals surface area contributed by atoms with Crippen LogP contribution in [0.3, 0.4) is 0 Å². The maximum atomic E-state index is 12.2. The van der Waals surface area contributed by atoms with Gasteiger partial charge in [-0.05, 0) is 6.42 Å². The van der Waals surface area contributed by atoms with E-state index in [2.05, 4.69) is 6.92 Å². The van der Waals surface area contributed by atoms with Gasteiger partial charge in [-0.2, -0.15) is 0 Å². The minimum absolute atomic E-state index is 0.0659. The van der Waals surface area contributed by atoms with Crippen molar-refractivity contribution >= 4 is 13.6 Å². The second-order valence-corrected chi connectivity index (χ2v) is 11.6. The number of carbonyl (C=O) groups is 1. The van der Waals surface area contributed by atoms with Crippen molar-refractivity contribution in [3.63, 3.8) is 0 Å². The molecular formula is C24H51NO7P+. The number of carbonyl (C=O) groups excluding carboxylic acids is 1. The van der Waals surface area contributed by atoms with Crippen molar-refractivity contribution in [2.45, 2.75) is 122 Å². The lowest BCUT2D eigenvalue weighted by Gasteiger charge is -2.33. The van der Waals surface area contributed by atoms with Gasteiger partial charge < -0.3 is 24.5 Å². The molecule has 3 unspecified atom stereocenters. The van der Waals surface area contributed by atoms with Crippen LogP contribution in [0.1, 0.15) is 103 Å². The van der Waals surface area contributed by atoms with E-state index in [9.17, 15) is 19.6 Å². The van der Waals surface area contributed by atoms with Crippen LogP contribution in [-0.2, 0) is 13.9 Å². The third-order valence-electron chi connectivity index (χ3n) is 5.77. The highest BCUT2D eigenvalue weighted by Crippen LogP contribution is 2.39. The van der Waals surface area contributed by atoms with Crippen LogP contribution in [0.4, 0.5) is 0 Å². The lowest BCUT2D eigenvalue weighted by Crippen LogP contribution is -2.50. The van der Waals surface area contributed by atoms with Gasteiger partial charge in [0, 0.05) is 12.8 Å². The number of phosphoric acid groups is 1. The Balaban J connectivity index is 4.01. The second-order valence-electron chi connectivity index (χ2n) is 10.4.